The number of aromatic nitrogens is 3. The summed E-state index contributed by atoms with van der Waals surface area (Å²) in [5.74, 6) is 2.62. The van der Waals surface area contributed by atoms with Gasteiger partial charge in [0, 0.05) is 5.92 Å². The van der Waals surface area contributed by atoms with Gasteiger partial charge in [-0.05, 0) is 44.4 Å². The maximum atomic E-state index is 12.6. The van der Waals surface area contributed by atoms with Crippen LogP contribution in [-0.2, 0) is 11.3 Å². The molecule has 0 aliphatic heterocycles. The number of hydrogen-bond acceptors (Lipinski definition) is 4. The number of hydrogen-bond donors (Lipinski definition) is 1. The highest BCUT2D eigenvalue weighted by Crippen LogP contribution is 2.31. The van der Waals surface area contributed by atoms with Gasteiger partial charge in [-0.3, -0.25) is 4.79 Å². The van der Waals surface area contributed by atoms with Crippen LogP contribution < -0.4 is 10.1 Å². The van der Waals surface area contributed by atoms with E-state index in [1.807, 2.05) is 32.0 Å². The van der Waals surface area contributed by atoms with E-state index in [1.54, 1.807) is 11.8 Å². The van der Waals surface area contributed by atoms with Crippen molar-refractivity contribution < 1.29 is 9.53 Å². The molecule has 1 saturated carbocycles. The number of nitrogens with one attached hydrogen (secondary N) is 1. The van der Waals surface area contributed by atoms with Gasteiger partial charge in [-0.1, -0.05) is 25.3 Å². The molecule has 134 valence electrons. The number of rotatable bonds is 5. The largest absolute Gasteiger partial charge is 0.495 e. The van der Waals surface area contributed by atoms with Crippen molar-refractivity contribution in [2.45, 2.75) is 58.4 Å². The summed E-state index contributed by atoms with van der Waals surface area (Å²) in [6.07, 6.45) is 6.00. The maximum absolute atomic E-state index is 12.6. The fourth-order valence-electron chi connectivity index (χ4n) is 3.50. The Morgan fingerprint density at radius 2 is 2.04 bits per heavy atom. The number of ether oxygens (including phenoxy) is 1. The van der Waals surface area contributed by atoms with Gasteiger partial charge in [0.05, 0.1) is 12.8 Å². The third kappa shape index (κ3) is 4.18. The van der Waals surface area contributed by atoms with Gasteiger partial charge >= 0.3 is 0 Å². The fraction of sp³-hybridized carbons (Fsp3) is 0.526. The Morgan fingerprint density at radius 3 is 2.76 bits per heavy atom. The second-order valence-electron chi connectivity index (χ2n) is 6.76. The normalized spacial score (nSPS) is 15.2. The van der Waals surface area contributed by atoms with Crippen LogP contribution >= 0.6 is 0 Å². The van der Waals surface area contributed by atoms with Crippen molar-refractivity contribution in [3.8, 4) is 5.75 Å². The zero-order chi connectivity index (χ0) is 17.8. The van der Waals surface area contributed by atoms with Crippen molar-refractivity contribution in [2.75, 3.05) is 12.4 Å². The lowest BCUT2D eigenvalue weighted by Gasteiger charge is -2.21. The molecule has 1 fully saturated rings. The Bertz CT molecular complexity index is 748. The third-order valence-corrected chi connectivity index (χ3v) is 4.70. The summed E-state index contributed by atoms with van der Waals surface area (Å²) in [5, 5.41) is 7.38. The molecule has 1 N–H and O–H groups in total. The van der Waals surface area contributed by atoms with E-state index >= 15 is 0 Å². The molecule has 0 atom stereocenters. The van der Waals surface area contributed by atoms with Crippen molar-refractivity contribution in [1.82, 2.24) is 14.8 Å². The topological polar surface area (TPSA) is 69.0 Å². The van der Waals surface area contributed by atoms with Crippen LogP contribution in [0.25, 0.3) is 0 Å². The van der Waals surface area contributed by atoms with Gasteiger partial charge in [0.1, 0.15) is 23.9 Å². The van der Waals surface area contributed by atoms with Crippen molar-refractivity contribution in [3.63, 3.8) is 0 Å². The van der Waals surface area contributed by atoms with Crippen LogP contribution in [0, 0.1) is 13.8 Å². The number of amides is 1. The SMILES string of the molecule is COc1ccc(C)cc1NC(=O)Cn1nc(C)nc1C1CCCCC1. The molecule has 0 bridgehead atoms. The first-order chi connectivity index (χ1) is 12.1. The van der Waals surface area contributed by atoms with E-state index in [0.29, 0.717) is 17.4 Å². The van der Waals surface area contributed by atoms with Gasteiger partial charge in [-0.25, -0.2) is 9.67 Å². The third-order valence-electron chi connectivity index (χ3n) is 4.70. The van der Waals surface area contributed by atoms with Gasteiger partial charge in [0.15, 0.2) is 0 Å². The predicted octanol–water partition coefficient (Wildman–Crippen LogP) is 3.59. The van der Waals surface area contributed by atoms with E-state index in [-0.39, 0.29) is 12.5 Å². The van der Waals surface area contributed by atoms with E-state index in [2.05, 4.69) is 15.4 Å². The Kier molecular flexibility index (Phi) is 5.36. The summed E-state index contributed by atoms with van der Waals surface area (Å²) in [4.78, 5) is 17.1. The summed E-state index contributed by atoms with van der Waals surface area (Å²) in [5.41, 5.74) is 1.75. The van der Waals surface area contributed by atoms with E-state index in [0.717, 1.165) is 30.1 Å². The summed E-state index contributed by atoms with van der Waals surface area (Å²) in [6.45, 7) is 4.03. The molecule has 0 saturated heterocycles. The van der Waals surface area contributed by atoms with E-state index in [4.69, 9.17) is 4.74 Å². The van der Waals surface area contributed by atoms with Crippen LogP contribution in [-0.4, -0.2) is 27.8 Å². The molecule has 1 heterocycles. The standard InChI is InChI=1S/C19H26N4O2/c1-13-9-10-17(25-3)16(11-13)21-18(24)12-23-19(20-14(2)22-23)15-7-5-4-6-8-15/h9-11,15H,4-8,12H2,1-3H3,(H,21,24). The predicted molar refractivity (Wildman–Crippen MR) is 96.9 cm³/mol. The van der Waals surface area contributed by atoms with E-state index in [9.17, 15) is 4.79 Å². The monoisotopic (exact) mass is 342 g/mol. The summed E-state index contributed by atoms with van der Waals surface area (Å²) in [7, 11) is 1.60. The summed E-state index contributed by atoms with van der Waals surface area (Å²) >= 11 is 0. The molecule has 3 rings (SSSR count). The van der Waals surface area contributed by atoms with Gasteiger partial charge in [-0.2, -0.15) is 5.10 Å². The first kappa shape index (κ1) is 17.5. The molecule has 0 spiro atoms. The van der Waals surface area contributed by atoms with Crippen molar-refractivity contribution in [1.29, 1.82) is 0 Å². The molecule has 25 heavy (non-hydrogen) atoms. The summed E-state index contributed by atoms with van der Waals surface area (Å²) in [6, 6.07) is 5.72. The first-order valence-corrected chi connectivity index (χ1v) is 8.92. The fourth-order valence-corrected chi connectivity index (χ4v) is 3.50. The van der Waals surface area contributed by atoms with Crippen LogP contribution in [0.3, 0.4) is 0 Å². The number of carbonyl (C=O) groups excluding carboxylic acids is 1. The molecular formula is C19H26N4O2. The second-order valence-corrected chi connectivity index (χ2v) is 6.76. The number of benzene rings is 1. The molecule has 2 aromatic rings. The van der Waals surface area contributed by atoms with Crippen molar-refractivity contribution in [2.24, 2.45) is 0 Å². The minimum Gasteiger partial charge on any atom is -0.495 e. The number of nitrogens with zero attached hydrogens (tertiary/aromatic N) is 3. The number of aryl methyl sites for hydroxylation is 2. The average molecular weight is 342 g/mol. The smallest absolute Gasteiger partial charge is 0.246 e. The quantitative estimate of drug-likeness (QED) is 0.901. The highest BCUT2D eigenvalue weighted by molar-refractivity contribution is 5.92. The number of carbonyl (C=O) groups is 1. The Labute approximate surface area is 148 Å². The molecule has 0 radical (unpaired) electrons. The maximum Gasteiger partial charge on any atom is 0.246 e. The van der Waals surface area contributed by atoms with Crippen molar-refractivity contribution >= 4 is 11.6 Å². The molecule has 1 aliphatic carbocycles. The Morgan fingerprint density at radius 1 is 1.28 bits per heavy atom. The lowest BCUT2D eigenvalue weighted by molar-refractivity contribution is -0.117. The first-order valence-electron chi connectivity index (χ1n) is 8.92. The van der Waals surface area contributed by atoms with Crippen LogP contribution in [0.2, 0.25) is 0 Å². The minimum absolute atomic E-state index is 0.120. The zero-order valence-electron chi connectivity index (χ0n) is 15.2. The average Bonchev–Trinajstić information content (AvgIpc) is 2.96. The molecular weight excluding hydrogens is 316 g/mol. The van der Waals surface area contributed by atoms with Gasteiger partial charge in [-0.15, -0.1) is 0 Å². The van der Waals surface area contributed by atoms with Crippen LogP contribution in [0.1, 0.15) is 55.2 Å². The molecule has 1 aromatic heterocycles. The van der Waals surface area contributed by atoms with E-state index < -0.39 is 0 Å². The second kappa shape index (κ2) is 7.68. The zero-order valence-corrected chi connectivity index (χ0v) is 15.2. The van der Waals surface area contributed by atoms with Crippen LogP contribution in [0.15, 0.2) is 18.2 Å². The van der Waals surface area contributed by atoms with Crippen molar-refractivity contribution in [3.05, 3.63) is 35.4 Å². The molecule has 0 unspecified atom stereocenters. The molecule has 6 nitrogen and oxygen atoms in total. The molecule has 6 heteroatoms. The highest BCUT2D eigenvalue weighted by atomic mass is 16.5. The number of methoxy groups -OCH3 is 1. The Balaban J connectivity index is 1.74. The number of anilines is 1. The summed E-state index contributed by atoms with van der Waals surface area (Å²) < 4.78 is 7.09. The van der Waals surface area contributed by atoms with E-state index in [1.165, 1.54) is 19.3 Å². The lowest BCUT2D eigenvalue weighted by atomic mass is 9.89. The van der Waals surface area contributed by atoms with Gasteiger partial charge in [0.2, 0.25) is 5.91 Å². The highest BCUT2D eigenvalue weighted by Gasteiger charge is 2.23. The molecule has 1 aromatic carbocycles. The van der Waals surface area contributed by atoms with Gasteiger partial charge < -0.3 is 10.1 Å². The molecule has 1 aliphatic rings. The minimum atomic E-state index is -0.120. The van der Waals surface area contributed by atoms with Crippen LogP contribution in [0.4, 0.5) is 5.69 Å². The molecule has 1 amide bonds. The van der Waals surface area contributed by atoms with Crippen LogP contribution in [0.5, 0.6) is 5.75 Å². The lowest BCUT2D eigenvalue weighted by Crippen LogP contribution is -2.23. The van der Waals surface area contributed by atoms with Gasteiger partial charge in [0.25, 0.3) is 0 Å². The Hall–Kier alpha value is -2.37.